The Morgan fingerprint density at radius 2 is 1.88 bits per heavy atom. The number of carbonyl (C=O) groups excluding carboxylic acids is 2. The van der Waals surface area contributed by atoms with Gasteiger partial charge in [-0.3, -0.25) is 25.0 Å². The second-order valence-electron chi connectivity index (χ2n) is 5.16. The summed E-state index contributed by atoms with van der Waals surface area (Å²) in [5.41, 5.74) is 0.590. The van der Waals surface area contributed by atoms with Crippen molar-refractivity contribution in [2.75, 3.05) is 5.32 Å². The van der Waals surface area contributed by atoms with Crippen LogP contribution in [0.5, 0.6) is 0 Å². The maximum atomic E-state index is 12.0. The average Bonchev–Trinajstić information content (AvgIpc) is 2.63. The van der Waals surface area contributed by atoms with Crippen molar-refractivity contribution in [3.8, 4) is 6.07 Å². The van der Waals surface area contributed by atoms with Crippen LogP contribution in [0.2, 0.25) is 0 Å². The highest BCUT2D eigenvalue weighted by atomic mass is 16.6. The van der Waals surface area contributed by atoms with Crippen LogP contribution >= 0.6 is 0 Å². The number of nitro groups is 1. The molecule has 2 rings (SSSR count). The van der Waals surface area contributed by atoms with E-state index in [4.69, 9.17) is 5.26 Å². The quantitative estimate of drug-likeness (QED) is 0.356. The first-order chi connectivity index (χ1) is 12.5. The Morgan fingerprint density at radius 3 is 2.54 bits per heavy atom. The number of anilines is 1. The summed E-state index contributed by atoms with van der Waals surface area (Å²) in [5.74, 6) is -1.40. The highest BCUT2D eigenvalue weighted by Gasteiger charge is 2.13. The summed E-state index contributed by atoms with van der Waals surface area (Å²) in [6.07, 6.45) is 1.09. The molecule has 8 nitrogen and oxygen atoms in total. The van der Waals surface area contributed by atoms with Gasteiger partial charge in [0, 0.05) is 24.0 Å². The minimum Gasteiger partial charge on any atom is -0.360 e. The van der Waals surface area contributed by atoms with Crippen molar-refractivity contribution in [3.63, 3.8) is 0 Å². The third kappa shape index (κ3) is 5.28. The van der Waals surface area contributed by atoms with Gasteiger partial charge in [-0.25, -0.2) is 0 Å². The first-order valence-electron chi connectivity index (χ1n) is 7.49. The van der Waals surface area contributed by atoms with E-state index < -0.39 is 16.7 Å². The second-order valence-corrected chi connectivity index (χ2v) is 5.16. The Morgan fingerprint density at radius 1 is 1.15 bits per heavy atom. The van der Waals surface area contributed by atoms with Crippen LogP contribution < -0.4 is 10.6 Å². The lowest BCUT2D eigenvalue weighted by atomic mass is 10.1. The lowest BCUT2D eigenvalue weighted by molar-refractivity contribution is -0.384. The molecule has 0 bridgehead atoms. The minimum atomic E-state index is -0.855. The van der Waals surface area contributed by atoms with E-state index in [0.717, 1.165) is 11.8 Å². The summed E-state index contributed by atoms with van der Waals surface area (Å²) in [4.78, 5) is 34.0. The minimum absolute atomic E-state index is 0.00357. The smallest absolute Gasteiger partial charge is 0.271 e. The van der Waals surface area contributed by atoms with Gasteiger partial charge in [0.15, 0.2) is 0 Å². The zero-order valence-corrected chi connectivity index (χ0v) is 13.5. The van der Waals surface area contributed by atoms with E-state index in [0.29, 0.717) is 5.69 Å². The van der Waals surface area contributed by atoms with Gasteiger partial charge in [-0.1, -0.05) is 36.4 Å². The van der Waals surface area contributed by atoms with E-state index in [1.165, 1.54) is 24.3 Å². The first-order valence-corrected chi connectivity index (χ1v) is 7.49. The number of nitrogens with zero attached hydrogens (tertiary/aromatic N) is 2. The van der Waals surface area contributed by atoms with Gasteiger partial charge in [0.2, 0.25) is 5.91 Å². The molecular weight excluding hydrogens is 336 g/mol. The van der Waals surface area contributed by atoms with Gasteiger partial charge >= 0.3 is 0 Å². The fraction of sp³-hybridized carbons (Fsp3) is 0.0556. The van der Waals surface area contributed by atoms with Crippen molar-refractivity contribution < 1.29 is 14.5 Å². The zero-order chi connectivity index (χ0) is 18.9. The molecule has 2 aromatic carbocycles. The summed E-state index contributed by atoms with van der Waals surface area (Å²) in [6.45, 7) is 0. The molecular formula is C18H14N4O4. The fourth-order valence-electron chi connectivity index (χ4n) is 2.03. The van der Waals surface area contributed by atoms with Crippen LogP contribution in [0.25, 0.3) is 0 Å². The average molecular weight is 350 g/mol. The SMILES string of the molecule is N#C/C(=C/Nc1cccc([N+](=O)[O-])c1)C(=O)NC(=O)Cc1ccccc1. The number of imide groups is 1. The molecule has 0 spiro atoms. The van der Waals surface area contributed by atoms with Crippen molar-refractivity contribution in [1.29, 1.82) is 5.26 Å². The van der Waals surface area contributed by atoms with Gasteiger partial charge in [-0.15, -0.1) is 0 Å². The van der Waals surface area contributed by atoms with Crippen LogP contribution in [0.3, 0.4) is 0 Å². The van der Waals surface area contributed by atoms with Gasteiger partial charge in [0.05, 0.1) is 11.3 Å². The normalized spacial score (nSPS) is 10.5. The third-order valence-corrected chi connectivity index (χ3v) is 3.27. The molecule has 2 amide bonds. The van der Waals surface area contributed by atoms with E-state index >= 15 is 0 Å². The van der Waals surface area contributed by atoms with E-state index in [1.54, 1.807) is 30.3 Å². The lowest BCUT2D eigenvalue weighted by Crippen LogP contribution is -2.32. The van der Waals surface area contributed by atoms with Crippen LogP contribution in [0.1, 0.15) is 5.56 Å². The summed E-state index contributed by atoms with van der Waals surface area (Å²) in [5, 5.41) is 24.6. The Labute approximate surface area is 148 Å². The molecule has 0 aliphatic heterocycles. The molecule has 130 valence electrons. The van der Waals surface area contributed by atoms with Gasteiger partial charge in [-0.05, 0) is 11.6 Å². The largest absolute Gasteiger partial charge is 0.360 e. The number of non-ortho nitro benzene ring substituents is 1. The van der Waals surface area contributed by atoms with Gasteiger partial charge in [0.25, 0.3) is 11.6 Å². The van der Waals surface area contributed by atoms with Crippen LogP contribution in [0.4, 0.5) is 11.4 Å². The number of rotatable bonds is 6. The van der Waals surface area contributed by atoms with Gasteiger partial charge in [-0.2, -0.15) is 5.26 Å². The topological polar surface area (TPSA) is 125 Å². The van der Waals surface area contributed by atoms with Crippen LogP contribution in [0.15, 0.2) is 66.4 Å². The van der Waals surface area contributed by atoms with E-state index in [-0.39, 0.29) is 17.7 Å². The molecule has 0 aromatic heterocycles. The first kappa shape index (κ1) is 18.4. The molecule has 0 saturated carbocycles. The van der Waals surface area contributed by atoms with Crippen molar-refractivity contribution in [1.82, 2.24) is 5.32 Å². The number of amides is 2. The molecule has 26 heavy (non-hydrogen) atoms. The van der Waals surface area contributed by atoms with E-state index in [9.17, 15) is 19.7 Å². The third-order valence-electron chi connectivity index (χ3n) is 3.27. The highest BCUT2D eigenvalue weighted by Crippen LogP contribution is 2.17. The number of hydrogen-bond acceptors (Lipinski definition) is 6. The number of hydrogen-bond donors (Lipinski definition) is 2. The Hall–Kier alpha value is -3.99. The maximum absolute atomic E-state index is 12.0. The zero-order valence-electron chi connectivity index (χ0n) is 13.5. The Balaban J connectivity index is 2.00. The number of carbonyl (C=O) groups is 2. The molecule has 0 atom stereocenters. The molecule has 0 unspecified atom stereocenters. The molecule has 8 heteroatoms. The molecule has 0 heterocycles. The number of nitro benzene ring substituents is 1. The highest BCUT2D eigenvalue weighted by molar-refractivity contribution is 6.07. The van der Waals surface area contributed by atoms with Gasteiger partial charge < -0.3 is 5.32 Å². The van der Waals surface area contributed by atoms with Crippen molar-refractivity contribution in [3.05, 3.63) is 82.0 Å². The summed E-state index contributed by atoms with van der Waals surface area (Å²) < 4.78 is 0. The lowest BCUT2D eigenvalue weighted by Gasteiger charge is -2.05. The summed E-state index contributed by atoms with van der Waals surface area (Å²) >= 11 is 0. The van der Waals surface area contributed by atoms with E-state index in [1.807, 2.05) is 6.07 Å². The standard InChI is InChI=1S/C18H14N4O4/c19-11-14(12-20-15-7-4-8-16(10-15)22(25)26)18(24)21-17(23)9-13-5-2-1-3-6-13/h1-8,10,12,20H,9H2,(H,21,23,24)/b14-12-. The Kier molecular flexibility index (Phi) is 6.17. The monoisotopic (exact) mass is 350 g/mol. The predicted molar refractivity (Wildman–Crippen MR) is 93.7 cm³/mol. The summed E-state index contributed by atoms with van der Waals surface area (Å²) in [6, 6.07) is 16.1. The van der Waals surface area contributed by atoms with Crippen LogP contribution in [-0.4, -0.2) is 16.7 Å². The van der Waals surface area contributed by atoms with Crippen LogP contribution in [-0.2, 0) is 16.0 Å². The fourth-order valence-corrected chi connectivity index (χ4v) is 2.03. The Bertz CT molecular complexity index is 901. The van der Waals surface area contributed by atoms with Crippen molar-refractivity contribution in [2.45, 2.75) is 6.42 Å². The number of nitriles is 1. The number of nitrogens with one attached hydrogen (secondary N) is 2. The molecule has 2 N–H and O–H groups in total. The molecule has 0 aliphatic carbocycles. The molecule has 0 saturated heterocycles. The second kappa shape index (κ2) is 8.75. The molecule has 0 radical (unpaired) electrons. The van der Waals surface area contributed by atoms with Crippen molar-refractivity contribution in [2.24, 2.45) is 0 Å². The van der Waals surface area contributed by atoms with Crippen LogP contribution in [0, 0.1) is 21.4 Å². The molecule has 2 aromatic rings. The van der Waals surface area contributed by atoms with E-state index in [2.05, 4.69) is 10.6 Å². The molecule has 0 fully saturated rings. The predicted octanol–water partition coefficient (Wildman–Crippen LogP) is 2.30. The summed E-state index contributed by atoms with van der Waals surface area (Å²) in [7, 11) is 0. The van der Waals surface area contributed by atoms with Gasteiger partial charge in [0.1, 0.15) is 11.6 Å². The maximum Gasteiger partial charge on any atom is 0.271 e. The number of benzene rings is 2. The van der Waals surface area contributed by atoms with Crippen molar-refractivity contribution >= 4 is 23.2 Å². The molecule has 0 aliphatic rings.